The van der Waals surface area contributed by atoms with Crippen LogP contribution >= 0.6 is 0 Å². The average Bonchev–Trinajstić information content (AvgIpc) is 3.45. The summed E-state index contributed by atoms with van der Waals surface area (Å²) in [5.41, 5.74) is 2.41. The van der Waals surface area contributed by atoms with Gasteiger partial charge in [-0.05, 0) is 59.4 Å². The number of nitrogens with zero attached hydrogens (tertiary/aromatic N) is 1. The summed E-state index contributed by atoms with van der Waals surface area (Å²) in [7, 11) is 0. The fourth-order valence-electron chi connectivity index (χ4n) is 4.15. The highest BCUT2D eigenvalue weighted by Gasteiger charge is 2.46. The number of carbonyl (C=O) groups is 2. The van der Waals surface area contributed by atoms with Crippen molar-refractivity contribution in [1.82, 2.24) is 4.90 Å². The molecule has 1 saturated heterocycles. The van der Waals surface area contributed by atoms with Crippen LogP contribution in [0, 0.1) is 5.92 Å². The molecule has 0 bridgehead atoms. The summed E-state index contributed by atoms with van der Waals surface area (Å²) in [5, 5.41) is 11.3. The van der Waals surface area contributed by atoms with E-state index in [4.69, 9.17) is 9.15 Å². The van der Waals surface area contributed by atoms with Gasteiger partial charge in [0.15, 0.2) is 0 Å². The summed E-state index contributed by atoms with van der Waals surface area (Å²) in [6.07, 6.45) is 1.53. The molecule has 6 heteroatoms. The molecular weight excluding hydrogens is 442 g/mol. The second kappa shape index (κ2) is 10.2. The zero-order valence-electron chi connectivity index (χ0n) is 20.5. The lowest BCUT2D eigenvalue weighted by molar-refractivity contribution is -0.140. The first-order valence-electron chi connectivity index (χ1n) is 11.9. The van der Waals surface area contributed by atoms with Crippen LogP contribution in [0.2, 0.25) is 0 Å². The van der Waals surface area contributed by atoms with Gasteiger partial charge in [-0.1, -0.05) is 52.0 Å². The van der Waals surface area contributed by atoms with Gasteiger partial charge in [-0.2, -0.15) is 0 Å². The van der Waals surface area contributed by atoms with Gasteiger partial charge >= 0.3 is 0 Å². The summed E-state index contributed by atoms with van der Waals surface area (Å²) in [5.74, 6) is 0.366. The summed E-state index contributed by atoms with van der Waals surface area (Å²) >= 11 is 0. The Hall–Kier alpha value is -3.80. The van der Waals surface area contributed by atoms with Gasteiger partial charge in [0.1, 0.15) is 17.3 Å². The molecule has 182 valence electrons. The number of ether oxygens (including phenoxy) is 1. The molecule has 4 rings (SSSR count). The fourth-order valence-corrected chi connectivity index (χ4v) is 4.15. The molecule has 1 fully saturated rings. The highest BCUT2D eigenvalue weighted by molar-refractivity contribution is 6.46. The van der Waals surface area contributed by atoms with Crippen LogP contribution in [-0.2, 0) is 16.1 Å². The van der Waals surface area contributed by atoms with Crippen LogP contribution in [0.5, 0.6) is 5.75 Å². The molecule has 0 aliphatic carbocycles. The number of benzene rings is 2. The van der Waals surface area contributed by atoms with E-state index >= 15 is 0 Å². The number of aliphatic hydroxyl groups excluding tert-OH is 1. The topological polar surface area (TPSA) is 80.0 Å². The number of ketones is 1. The second-order valence-electron chi connectivity index (χ2n) is 9.56. The van der Waals surface area contributed by atoms with Crippen LogP contribution in [0.25, 0.3) is 5.76 Å². The van der Waals surface area contributed by atoms with E-state index in [-0.39, 0.29) is 17.9 Å². The van der Waals surface area contributed by atoms with Crippen LogP contribution in [0.15, 0.2) is 76.9 Å². The molecule has 6 nitrogen and oxygen atoms in total. The first-order valence-corrected chi connectivity index (χ1v) is 11.9. The Labute approximate surface area is 205 Å². The minimum absolute atomic E-state index is 0.0645. The number of amides is 1. The minimum Gasteiger partial charge on any atom is -0.507 e. The van der Waals surface area contributed by atoms with E-state index in [0.29, 0.717) is 35.5 Å². The van der Waals surface area contributed by atoms with Crippen molar-refractivity contribution in [2.75, 3.05) is 6.61 Å². The van der Waals surface area contributed by atoms with Crippen LogP contribution < -0.4 is 4.74 Å². The first-order chi connectivity index (χ1) is 16.8. The van der Waals surface area contributed by atoms with E-state index < -0.39 is 17.7 Å². The van der Waals surface area contributed by atoms with E-state index in [0.717, 1.165) is 11.1 Å². The predicted molar refractivity (Wildman–Crippen MR) is 134 cm³/mol. The van der Waals surface area contributed by atoms with Crippen molar-refractivity contribution < 1.29 is 23.8 Å². The number of aliphatic hydroxyl groups is 1. The molecule has 1 aromatic heterocycles. The lowest BCUT2D eigenvalue weighted by atomic mass is 9.93. The number of rotatable bonds is 8. The predicted octanol–water partition coefficient (Wildman–Crippen LogP) is 6.06. The van der Waals surface area contributed by atoms with Crippen LogP contribution in [0.1, 0.15) is 62.1 Å². The van der Waals surface area contributed by atoms with E-state index in [1.54, 1.807) is 36.4 Å². The number of carbonyl (C=O) groups excluding carboxylic acids is 2. The monoisotopic (exact) mass is 473 g/mol. The molecule has 1 unspecified atom stereocenters. The van der Waals surface area contributed by atoms with Crippen LogP contribution in [0.3, 0.4) is 0 Å². The molecule has 1 atom stereocenters. The van der Waals surface area contributed by atoms with Crippen molar-refractivity contribution in [3.8, 4) is 5.75 Å². The van der Waals surface area contributed by atoms with Gasteiger partial charge in [-0.15, -0.1) is 0 Å². The number of Topliss-reactive ketones (excluding diaryl/α,β-unsaturated/α-hetero) is 1. The van der Waals surface area contributed by atoms with Gasteiger partial charge in [-0.25, -0.2) is 0 Å². The van der Waals surface area contributed by atoms with Gasteiger partial charge in [0.25, 0.3) is 11.7 Å². The number of hydrogen-bond donors (Lipinski definition) is 1. The Kier molecular flexibility index (Phi) is 7.10. The Bertz CT molecular complexity index is 1200. The smallest absolute Gasteiger partial charge is 0.296 e. The van der Waals surface area contributed by atoms with Crippen molar-refractivity contribution in [3.63, 3.8) is 0 Å². The molecule has 35 heavy (non-hydrogen) atoms. The maximum atomic E-state index is 13.2. The Balaban J connectivity index is 1.75. The zero-order valence-corrected chi connectivity index (χ0v) is 20.5. The summed E-state index contributed by atoms with van der Waals surface area (Å²) < 4.78 is 11.2. The van der Waals surface area contributed by atoms with Gasteiger partial charge in [0.2, 0.25) is 0 Å². The third-order valence-electron chi connectivity index (χ3n) is 6.08. The Morgan fingerprint density at radius 2 is 1.69 bits per heavy atom. The lowest BCUT2D eigenvalue weighted by Gasteiger charge is -2.25. The maximum absolute atomic E-state index is 13.2. The van der Waals surface area contributed by atoms with Gasteiger partial charge in [0, 0.05) is 5.56 Å². The minimum atomic E-state index is -0.738. The zero-order chi connectivity index (χ0) is 25.1. The van der Waals surface area contributed by atoms with E-state index in [9.17, 15) is 14.7 Å². The highest BCUT2D eigenvalue weighted by Crippen LogP contribution is 2.40. The van der Waals surface area contributed by atoms with Crippen molar-refractivity contribution in [2.24, 2.45) is 5.92 Å². The normalized spacial score (nSPS) is 17.5. The van der Waals surface area contributed by atoms with E-state index in [1.165, 1.54) is 11.2 Å². The van der Waals surface area contributed by atoms with E-state index in [1.807, 2.05) is 24.3 Å². The molecule has 0 saturated carbocycles. The average molecular weight is 474 g/mol. The summed E-state index contributed by atoms with van der Waals surface area (Å²) in [6.45, 7) is 9.03. The molecule has 1 aliphatic heterocycles. The molecule has 1 N–H and O–H groups in total. The van der Waals surface area contributed by atoms with Crippen molar-refractivity contribution >= 4 is 17.4 Å². The molecule has 2 heterocycles. The molecule has 1 amide bonds. The summed E-state index contributed by atoms with van der Waals surface area (Å²) in [6, 6.07) is 17.5. The maximum Gasteiger partial charge on any atom is 0.296 e. The third kappa shape index (κ3) is 5.16. The van der Waals surface area contributed by atoms with Gasteiger partial charge in [-0.3, -0.25) is 9.59 Å². The standard InChI is InChI=1S/C29H31NO5/c1-18(2)17-35-23-13-11-22(12-14-23)27(31)25-26(21-9-7-20(8-10-21)19(3)4)30(29(33)28(25)32)16-24-6-5-15-34-24/h5-15,18-19,26,31H,16-17H2,1-4H3/b27-25-. The van der Waals surface area contributed by atoms with Crippen molar-refractivity contribution in [2.45, 2.75) is 46.2 Å². The number of hydrogen-bond acceptors (Lipinski definition) is 5. The number of likely N-dealkylation sites (tertiary alicyclic amines) is 1. The van der Waals surface area contributed by atoms with Crippen molar-refractivity contribution in [3.05, 3.63) is 95.0 Å². The van der Waals surface area contributed by atoms with Crippen LogP contribution in [0.4, 0.5) is 0 Å². The SMILES string of the molecule is CC(C)COc1ccc(/C(O)=C2/C(=O)C(=O)N(Cc3ccco3)C2c2ccc(C(C)C)cc2)cc1. The molecule has 2 aromatic carbocycles. The van der Waals surface area contributed by atoms with E-state index in [2.05, 4.69) is 27.7 Å². The van der Waals surface area contributed by atoms with Gasteiger partial charge in [0.05, 0.1) is 31.0 Å². The first kappa shape index (κ1) is 24.3. The molecule has 0 radical (unpaired) electrons. The molecule has 0 spiro atoms. The Morgan fingerprint density at radius 3 is 2.26 bits per heavy atom. The quantitative estimate of drug-likeness (QED) is 0.244. The highest BCUT2D eigenvalue weighted by atomic mass is 16.5. The fraction of sp³-hybridized carbons (Fsp3) is 0.310. The lowest BCUT2D eigenvalue weighted by Crippen LogP contribution is -2.29. The molecular formula is C29H31NO5. The molecule has 3 aromatic rings. The molecule has 1 aliphatic rings. The summed E-state index contributed by atoms with van der Waals surface area (Å²) in [4.78, 5) is 27.8. The Morgan fingerprint density at radius 1 is 1.00 bits per heavy atom. The largest absolute Gasteiger partial charge is 0.507 e. The number of furan rings is 1. The third-order valence-corrected chi connectivity index (χ3v) is 6.08. The van der Waals surface area contributed by atoms with Crippen molar-refractivity contribution in [1.29, 1.82) is 0 Å². The second-order valence-corrected chi connectivity index (χ2v) is 9.56. The van der Waals surface area contributed by atoms with Crippen LogP contribution in [-0.4, -0.2) is 28.3 Å². The van der Waals surface area contributed by atoms with Gasteiger partial charge < -0.3 is 19.2 Å².